The summed E-state index contributed by atoms with van der Waals surface area (Å²) in [6, 6.07) is 6.56. The summed E-state index contributed by atoms with van der Waals surface area (Å²) < 4.78 is 11.3. The van der Waals surface area contributed by atoms with Gasteiger partial charge in [-0.2, -0.15) is 0 Å². The van der Waals surface area contributed by atoms with Crippen molar-refractivity contribution in [2.45, 2.75) is 25.0 Å². The number of hydrogen-bond acceptors (Lipinski definition) is 6. The number of fused-ring (bicyclic) bond motifs is 2. The number of likely N-dealkylation sites (N-methyl/N-ethyl adjacent to an activating group) is 1. The molecule has 30 heavy (non-hydrogen) atoms. The van der Waals surface area contributed by atoms with Gasteiger partial charge in [0.25, 0.3) is 11.8 Å². The van der Waals surface area contributed by atoms with Crippen LogP contribution >= 0.6 is 0 Å². The van der Waals surface area contributed by atoms with Gasteiger partial charge in [-0.25, -0.2) is 4.79 Å². The van der Waals surface area contributed by atoms with E-state index in [-0.39, 0.29) is 12.5 Å². The number of nitrogens with one attached hydrogen (secondary N) is 2. The summed E-state index contributed by atoms with van der Waals surface area (Å²) in [5.74, 6) is 1.03. The molecule has 2 aromatic rings. The quantitative estimate of drug-likeness (QED) is 0.728. The summed E-state index contributed by atoms with van der Waals surface area (Å²) in [4.78, 5) is 41.8. The van der Waals surface area contributed by atoms with Crippen molar-refractivity contribution in [2.75, 3.05) is 27.2 Å². The van der Waals surface area contributed by atoms with E-state index in [1.54, 1.807) is 24.1 Å². The molecule has 1 saturated heterocycles. The Morgan fingerprint density at radius 3 is 2.73 bits per heavy atom. The maximum atomic E-state index is 13.0. The molecule has 3 aliphatic rings. The average Bonchev–Trinajstić information content (AvgIpc) is 3.36. The van der Waals surface area contributed by atoms with Crippen LogP contribution in [0.5, 0.6) is 5.75 Å². The van der Waals surface area contributed by atoms with E-state index in [0.717, 1.165) is 29.9 Å². The van der Waals surface area contributed by atoms with Gasteiger partial charge in [0.05, 0.1) is 13.7 Å². The van der Waals surface area contributed by atoms with Crippen LogP contribution in [0.1, 0.15) is 33.0 Å². The Labute approximate surface area is 172 Å². The highest BCUT2D eigenvalue weighted by Gasteiger charge is 2.53. The number of ether oxygens (including phenoxy) is 1. The van der Waals surface area contributed by atoms with Crippen LogP contribution < -0.4 is 15.4 Å². The second kappa shape index (κ2) is 6.60. The van der Waals surface area contributed by atoms with Crippen molar-refractivity contribution in [1.82, 2.24) is 20.4 Å². The lowest BCUT2D eigenvalue weighted by Gasteiger charge is -2.29. The smallest absolute Gasteiger partial charge is 0.322 e. The summed E-state index contributed by atoms with van der Waals surface area (Å²) in [5, 5.41) is 5.03. The highest BCUT2D eigenvalue weighted by atomic mass is 16.5. The lowest BCUT2D eigenvalue weighted by molar-refractivity contribution is -0.125. The van der Waals surface area contributed by atoms with Crippen LogP contribution in [0.3, 0.4) is 0 Å². The maximum absolute atomic E-state index is 13.0. The van der Waals surface area contributed by atoms with Crippen molar-refractivity contribution >= 4 is 17.8 Å². The first-order valence-corrected chi connectivity index (χ1v) is 9.80. The molecule has 4 amide bonds. The fraction of sp³-hybridized carbons (Fsp3) is 0.381. The van der Waals surface area contributed by atoms with Crippen LogP contribution in [-0.4, -0.2) is 54.9 Å². The Bertz CT molecular complexity index is 1080. The van der Waals surface area contributed by atoms with Gasteiger partial charge in [-0.3, -0.25) is 14.9 Å². The van der Waals surface area contributed by atoms with Crippen molar-refractivity contribution < 1.29 is 23.5 Å². The van der Waals surface area contributed by atoms with Gasteiger partial charge in [-0.1, -0.05) is 6.07 Å². The highest BCUT2D eigenvalue weighted by molar-refractivity contribution is 6.08. The Kier molecular flexibility index (Phi) is 4.11. The number of benzene rings is 1. The molecular weight excluding hydrogens is 388 g/mol. The number of urea groups is 1. The van der Waals surface area contributed by atoms with Crippen molar-refractivity contribution in [3.8, 4) is 5.75 Å². The average molecular weight is 410 g/mol. The van der Waals surface area contributed by atoms with Gasteiger partial charge in [-0.15, -0.1) is 0 Å². The predicted octanol–water partition coefficient (Wildman–Crippen LogP) is 0.967. The molecule has 0 spiro atoms. The lowest BCUT2D eigenvalue weighted by Crippen LogP contribution is -2.52. The molecule has 0 aliphatic carbocycles. The van der Waals surface area contributed by atoms with E-state index in [9.17, 15) is 14.4 Å². The molecule has 1 atom stereocenters. The molecular formula is C21H22N4O5. The molecule has 0 radical (unpaired) electrons. The lowest BCUT2D eigenvalue weighted by atomic mass is 9.94. The van der Waals surface area contributed by atoms with Gasteiger partial charge in [0, 0.05) is 37.2 Å². The van der Waals surface area contributed by atoms with E-state index in [1.165, 1.54) is 0 Å². The van der Waals surface area contributed by atoms with Crippen LogP contribution in [0.15, 0.2) is 28.7 Å². The molecule has 1 fully saturated rings. The van der Waals surface area contributed by atoms with Crippen molar-refractivity contribution in [1.29, 1.82) is 0 Å². The van der Waals surface area contributed by atoms with Crippen LogP contribution in [-0.2, 0) is 29.8 Å². The van der Waals surface area contributed by atoms with Crippen LogP contribution in [0.4, 0.5) is 4.79 Å². The fourth-order valence-electron chi connectivity index (χ4n) is 4.42. The zero-order chi connectivity index (χ0) is 21.0. The number of rotatable bonds is 4. The highest BCUT2D eigenvalue weighted by Crippen LogP contribution is 2.35. The number of carbonyl (C=O) groups excluding carboxylic acids is 3. The van der Waals surface area contributed by atoms with Crippen molar-refractivity contribution in [3.05, 3.63) is 52.5 Å². The van der Waals surface area contributed by atoms with Crippen molar-refractivity contribution in [2.24, 2.45) is 0 Å². The predicted molar refractivity (Wildman–Crippen MR) is 105 cm³/mol. The number of carbonyl (C=O) groups is 3. The largest absolute Gasteiger partial charge is 0.497 e. The van der Waals surface area contributed by atoms with E-state index in [0.29, 0.717) is 30.2 Å². The molecule has 9 nitrogen and oxygen atoms in total. The number of nitrogens with zero attached hydrogens (tertiary/aromatic N) is 2. The van der Waals surface area contributed by atoms with E-state index in [2.05, 4.69) is 15.5 Å². The second-order valence-corrected chi connectivity index (χ2v) is 8.04. The number of hydrogen-bond donors (Lipinski definition) is 2. The van der Waals surface area contributed by atoms with Crippen molar-refractivity contribution in [3.63, 3.8) is 0 Å². The fourth-order valence-corrected chi connectivity index (χ4v) is 4.42. The molecule has 5 rings (SSSR count). The van der Waals surface area contributed by atoms with E-state index in [4.69, 9.17) is 9.15 Å². The number of methoxy groups -OCH3 is 1. The van der Waals surface area contributed by atoms with Gasteiger partial charge < -0.3 is 24.3 Å². The molecule has 156 valence electrons. The summed E-state index contributed by atoms with van der Waals surface area (Å²) in [7, 11) is 3.56. The summed E-state index contributed by atoms with van der Waals surface area (Å²) in [6.45, 7) is 1.88. The van der Waals surface area contributed by atoms with E-state index >= 15 is 0 Å². The second-order valence-electron chi connectivity index (χ2n) is 8.04. The molecule has 0 unspecified atom stereocenters. The Hall–Kier alpha value is -3.33. The Morgan fingerprint density at radius 2 is 2.00 bits per heavy atom. The molecule has 1 aromatic carbocycles. The topological polar surface area (TPSA) is 104 Å². The van der Waals surface area contributed by atoms with Crippen LogP contribution in [0.2, 0.25) is 0 Å². The first-order chi connectivity index (χ1) is 14.4. The number of furan rings is 1. The van der Waals surface area contributed by atoms with Gasteiger partial charge in [-0.05, 0) is 30.8 Å². The SMILES string of the molecule is COc1ccc2c(c1)C(=O)N(C[C@@]1(c3cc4c(o3)CCN(C)C4)NC(=O)NC1=O)C2. The normalized spacial score (nSPS) is 23.3. The third-order valence-corrected chi connectivity index (χ3v) is 6.04. The van der Waals surface area contributed by atoms with Crippen LogP contribution in [0.25, 0.3) is 0 Å². The summed E-state index contributed by atoms with van der Waals surface area (Å²) in [5.41, 5.74) is 0.915. The summed E-state index contributed by atoms with van der Waals surface area (Å²) >= 11 is 0. The zero-order valence-corrected chi connectivity index (χ0v) is 16.8. The maximum Gasteiger partial charge on any atom is 0.322 e. The molecule has 3 aliphatic heterocycles. The molecule has 9 heteroatoms. The third-order valence-electron chi connectivity index (χ3n) is 6.04. The minimum atomic E-state index is -1.46. The third kappa shape index (κ3) is 2.77. The zero-order valence-electron chi connectivity index (χ0n) is 16.8. The number of imide groups is 1. The molecule has 0 saturated carbocycles. The van der Waals surface area contributed by atoms with E-state index < -0.39 is 17.5 Å². The Morgan fingerprint density at radius 1 is 1.17 bits per heavy atom. The van der Waals surface area contributed by atoms with E-state index in [1.807, 2.05) is 19.2 Å². The molecule has 0 bridgehead atoms. The standard InChI is InChI=1S/C21H22N4O5/c1-24-6-5-16-13(9-24)7-17(30-16)21(19(27)22-20(28)23-21)11-25-10-12-3-4-14(29-2)8-15(12)18(25)26/h3-4,7-8H,5-6,9-11H2,1-2H3,(H2,22,23,27,28)/t21-/m0/s1. The van der Waals surface area contributed by atoms with Crippen LogP contribution in [0, 0.1) is 0 Å². The molecule has 2 N–H and O–H groups in total. The minimum absolute atomic E-state index is 0.0252. The first-order valence-electron chi connectivity index (χ1n) is 9.80. The molecule has 4 heterocycles. The van der Waals surface area contributed by atoms with Gasteiger partial charge in [0.1, 0.15) is 17.3 Å². The monoisotopic (exact) mass is 410 g/mol. The Balaban J connectivity index is 1.50. The van der Waals surface area contributed by atoms with Gasteiger partial charge in [0.15, 0.2) is 5.54 Å². The molecule has 1 aromatic heterocycles. The summed E-state index contributed by atoms with van der Waals surface area (Å²) in [6.07, 6.45) is 0.728. The minimum Gasteiger partial charge on any atom is -0.497 e. The van der Waals surface area contributed by atoms with Gasteiger partial charge >= 0.3 is 6.03 Å². The first kappa shape index (κ1) is 18.7. The number of amides is 4. The van der Waals surface area contributed by atoms with Gasteiger partial charge in [0.2, 0.25) is 0 Å².